The Balaban J connectivity index is 0.00000245. The fraction of sp³-hybridized carbons (Fsp3) is 0.200. The van der Waals surface area contributed by atoms with Gasteiger partial charge in [0.2, 0.25) is 5.95 Å². The molecular formula is C25H26N6O. The van der Waals surface area contributed by atoms with Crippen molar-refractivity contribution in [2.75, 3.05) is 5.32 Å². The van der Waals surface area contributed by atoms with Crippen molar-refractivity contribution >= 4 is 17.0 Å². The fourth-order valence-electron chi connectivity index (χ4n) is 3.88. The Bertz CT molecular complexity index is 1350. The Hall–Kier alpha value is -4.00. The van der Waals surface area contributed by atoms with E-state index in [1.165, 1.54) is 0 Å². The lowest BCUT2D eigenvalue weighted by atomic mass is 9.95. The monoisotopic (exact) mass is 426 g/mol. The number of hydrogen-bond donors (Lipinski definition) is 2. The maximum Gasteiger partial charge on any atom is 0.201 e. The molecule has 32 heavy (non-hydrogen) atoms. The van der Waals surface area contributed by atoms with Gasteiger partial charge in [-0.05, 0) is 61.7 Å². The van der Waals surface area contributed by atoms with Gasteiger partial charge in [0.05, 0.1) is 16.7 Å². The molecule has 4 heterocycles. The summed E-state index contributed by atoms with van der Waals surface area (Å²) in [5, 5.41) is 7.50. The third-order valence-corrected chi connectivity index (χ3v) is 5.42. The topological polar surface area (TPSA) is 92.5 Å². The Morgan fingerprint density at radius 3 is 2.56 bits per heavy atom. The third kappa shape index (κ3) is 3.85. The van der Waals surface area contributed by atoms with Gasteiger partial charge in [-0.3, -0.25) is 9.97 Å². The molecule has 1 aromatic carbocycles. The van der Waals surface area contributed by atoms with Crippen LogP contribution in [0.3, 0.4) is 0 Å². The first kappa shape index (κ1) is 21.2. The first-order valence-corrected chi connectivity index (χ1v) is 10.1. The summed E-state index contributed by atoms with van der Waals surface area (Å²) in [6.45, 7) is 6.60. The second kappa shape index (κ2) is 8.63. The highest BCUT2D eigenvalue weighted by Crippen LogP contribution is 2.37. The molecule has 0 spiro atoms. The largest absolute Gasteiger partial charge is 0.361 e. The molecule has 4 aromatic heterocycles. The molecule has 0 radical (unpaired) electrons. The van der Waals surface area contributed by atoms with Gasteiger partial charge in [0.25, 0.3) is 0 Å². The first-order chi connectivity index (χ1) is 15.1. The van der Waals surface area contributed by atoms with Crippen molar-refractivity contribution in [3.8, 4) is 22.3 Å². The van der Waals surface area contributed by atoms with Gasteiger partial charge in [-0.15, -0.1) is 0 Å². The van der Waals surface area contributed by atoms with Crippen LogP contribution in [0.15, 0.2) is 59.6 Å². The number of aromatic amines is 1. The molecule has 7 heteroatoms. The molecular weight excluding hydrogens is 400 g/mol. The summed E-state index contributed by atoms with van der Waals surface area (Å²) in [5.41, 5.74) is 9.01. The molecule has 0 saturated heterocycles. The predicted molar refractivity (Wildman–Crippen MR) is 127 cm³/mol. The molecule has 0 unspecified atom stereocenters. The van der Waals surface area contributed by atoms with Gasteiger partial charge in [-0.2, -0.15) is 0 Å². The van der Waals surface area contributed by atoms with Gasteiger partial charge in [0, 0.05) is 48.0 Å². The Kier molecular flexibility index (Phi) is 5.73. The third-order valence-electron chi connectivity index (χ3n) is 5.42. The molecule has 0 aliphatic heterocycles. The van der Waals surface area contributed by atoms with E-state index < -0.39 is 0 Å². The van der Waals surface area contributed by atoms with Gasteiger partial charge in [0.15, 0.2) is 0 Å². The average molecular weight is 427 g/mol. The second-order valence-corrected chi connectivity index (χ2v) is 7.61. The number of pyridine rings is 2. The average Bonchev–Trinajstić information content (AvgIpc) is 3.35. The maximum absolute atomic E-state index is 5.42. The van der Waals surface area contributed by atoms with Crippen LogP contribution < -0.4 is 5.32 Å². The normalized spacial score (nSPS) is 10.8. The van der Waals surface area contributed by atoms with Crippen molar-refractivity contribution < 1.29 is 4.52 Å². The molecule has 0 atom stereocenters. The van der Waals surface area contributed by atoms with Crippen molar-refractivity contribution in [1.82, 2.24) is 25.1 Å². The zero-order valence-corrected chi connectivity index (χ0v) is 17.6. The van der Waals surface area contributed by atoms with E-state index in [4.69, 9.17) is 9.51 Å². The minimum absolute atomic E-state index is 0. The van der Waals surface area contributed by atoms with E-state index in [1.54, 1.807) is 12.4 Å². The number of benzene rings is 1. The van der Waals surface area contributed by atoms with Crippen LogP contribution in [0.2, 0.25) is 0 Å². The summed E-state index contributed by atoms with van der Waals surface area (Å²) in [5.74, 6) is 1.50. The van der Waals surface area contributed by atoms with E-state index in [1.807, 2.05) is 44.4 Å². The molecule has 0 aliphatic carbocycles. The molecule has 162 valence electrons. The Labute approximate surface area is 186 Å². The quantitative estimate of drug-likeness (QED) is 0.366. The lowest BCUT2D eigenvalue weighted by Gasteiger charge is -2.09. The lowest BCUT2D eigenvalue weighted by Crippen LogP contribution is -2.00. The van der Waals surface area contributed by atoms with Crippen LogP contribution in [0, 0.1) is 20.8 Å². The highest BCUT2D eigenvalue weighted by molar-refractivity contribution is 5.97. The van der Waals surface area contributed by atoms with Crippen molar-refractivity contribution in [2.45, 2.75) is 34.7 Å². The number of aryl methyl sites for hydroxylation is 3. The van der Waals surface area contributed by atoms with Crippen LogP contribution in [0.4, 0.5) is 5.95 Å². The number of anilines is 1. The zero-order valence-electron chi connectivity index (χ0n) is 17.6. The summed E-state index contributed by atoms with van der Waals surface area (Å²) in [7, 11) is 0. The molecule has 5 rings (SSSR count). The molecule has 0 fully saturated rings. The zero-order chi connectivity index (χ0) is 21.4. The minimum Gasteiger partial charge on any atom is -0.361 e. The summed E-state index contributed by atoms with van der Waals surface area (Å²) < 4.78 is 5.42. The van der Waals surface area contributed by atoms with Crippen LogP contribution in [-0.2, 0) is 6.54 Å². The molecule has 0 aliphatic rings. The standard InChI is InChI=1S/C24H22N6O.CH4/c1-14-6-8-26-13-20(14)19-9-18(22-15(2)30-31-16(22)3)10-21-23(19)29-24(28-21)27-12-17-5-4-7-25-11-17;/h4-11,13H,12H2,1-3H3,(H2,27,28,29);1H4. The molecule has 0 bridgehead atoms. The Morgan fingerprint density at radius 1 is 1.00 bits per heavy atom. The molecule has 0 amide bonds. The van der Waals surface area contributed by atoms with Crippen molar-refractivity contribution in [3.63, 3.8) is 0 Å². The van der Waals surface area contributed by atoms with E-state index in [0.29, 0.717) is 12.5 Å². The molecule has 7 nitrogen and oxygen atoms in total. The van der Waals surface area contributed by atoms with Crippen LogP contribution in [0.25, 0.3) is 33.3 Å². The van der Waals surface area contributed by atoms with E-state index >= 15 is 0 Å². The second-order valence-electron chi connectivity index (χ2n) is 7.61. The SMILES string of the molecule is C.Cc1ccncc1-c1cc(-c2c(C)noc2C)cc2[nH]c(NCc3cccnc3)nc12. The van der Waals surface area contributed by atoms with Crippen molar-refractivity contribution in [2.24, 2.45) is 0 Å². The van der Waals surface area contributed by atoms with Gasteiger partial charge in [0.1, 0.15) is 5.76 Å². The molecule has 0 saturated carbocycles. The number of nitrogens with one attached hydrogen (secondary N) is 2. The number of hydrogen-bond acceptors (Lipinski definition) is 6. The number of rotatable bonds is 5. The summed E-state index contributed by atoms with van der Waals surface area (Å²) in [6.07, 6.45) is 7.30. The van der Waals surface area contributed by atoms with Crippen LogP contribution in [-0.4, -0.2) is 25.1 Å². The van der Waals surface area contributed by atoms with E-state index in [0.717, 1.165) is 55.9 Å². The Morgan fingerprint density at radius 2 is 1.84 bits per heavy atom. The highest BCUT2D eigenvalue weighted by Gasteiger charge is 2.18. The van der Waals surface area contributed by atoms with E-state index in [9.17, 15) is 0 Å². The first-order valence-electron chi connectivity index (χ1n) is 10.1. The number of fused-ring (bicyclic) bond motifs is 1. The summed E-state index contributed by atoms with van der Waals surface area (Å²) in [4.78, 5) is 16.8. The number of aromatic nitrogens is 5. The van der Waals surface area contributed by atoms with Gasteiger partial charge >= 0.3 is 0 Å². The maximum atomic E-state index is 5.42. The summed E-state index contributed by atoms with van der Waals surface area (Å²) >= 11 is 0. The van der Waals surface area contributed by atoms with Crippen molar-refractivity contribution in [1.29, 1.82) is 0 Å². The molecule has 5 aromatic rings. The van der Waals surface area contributed by atoms with Gasteiger partial charge in [-0.25, -0.2) is 4.98 Å². The smallest absolute Gasteiger partial charge is 0.201 e. The van der Waals surface area contributed by atoms with Gasteiger partial charge < -0.3 is 14.8 Å². The van der Waals surface area contributed by atoms with Crippen LogP contribution >= 0.6 is 0 Å². The number of nitrogens with zero attached hydrogens (tertiary/aromatic N) is 4. The van der Waals surface area contributed by atoms with Crippen LogP contribution in [0.1, 0.15) is 30.0 Å². The van der Waals surface area contributed by atoms with E-state index in [-0.39, 0.29) is 7.43 Å². The molecule has 2 N–H and O–H groups in total. The van der Waals surface area contributed by atoms with Gasteiger partial charge in [-0.1, -0.05) is 18.6 Å². The van der Waals surface area contributed by atoms with Crippen molar-refractivity contribution in [3.05, 3.63) is 77.7 Å². The van der Waals surface area contributed by atoms with E-state index in [2.05, 4.69) is 44.5 Å². The predicted octanol–water partition coefficient (Wildman–Crippen LogP) is 5.85. The van der Waals surface area contributed by atoms with Crippen LogP contribution in [0.5, 0.6) is 0 Å². The highest BCUT2D eigenvalue weighted by atomic mass is 16.5. The fourth-order valence-corrected chi connectivity index (χ4v) is 3.88. The number of H-pyrrole nitrogens is 1. The summed E-state index contributed by atoms with van der Waals surface area (Å²) in [6, 6.07) is 10.2. The minimum atomic E-state index is 0. The lowest BCUT2D eigenvalue weighted by molar-refractivity contribution is 0.393. The number of imidazole rings is 1.